The van der Waals surface area contributed by atoms with Gasteiger partial charge in [0.1, 0.15) is 5.82 Å². The van der Waals surface area contributed by atoms with E-state index in [-0.39, 0.29) is 11.2 Å². The van der Waals surface area contributed by atoms with Crippen molar-refractivity contribution in [1.29, 1.82) is 0 Å². The third-order valence-electron chi connectivity index (χ3n) is 12.4. The molecule has 2 nitrogen and oxygen atoms in total. The Labute approximate surface area is 218 Å². The summed E-state index contributed by atoms with van der Waals surface area (Å²) in [6.07, 6.45) is 13.6. The van der Waals surface area contributed by atoms with Crippen LogP contribution in [0.1, 0.15) is 117 Å². The van der Waals surface area contributed by atoms with Gasteiger partial charge in [0.15, 0.2) is 0 Å². The standard InChI is InChI=1S/C33H49FO2/c1-6-33(36)20-19-30(3)23(21-33)15-17-32(5)28-14-12-25(31(28,4)18-16-29(30)32)22(2)11-13-27(35)24-9-7-8-10-26(24)34/h7-10,15,22,25,27-29,35-36H,6,11-14,16-21H2,1-5H3/t22-,25-,27-,28-,29-,30+,31-,32+,33+/m1/s1. The fourth-order valence-corrected chi connectivity index (χ4v) is 10.2. The van der Waals surface area contributed by atoms with Gasteiger partial charge in [0, 0.05) is 5.56 Å². The van der Waals surface area contributed by atoms with Crippen molar-refractivity contribution >= 4 is 0 Å². The molecule has 36 heavy (non-hydrogen) atoms. The SMILES string of the molecule is CC[C@]1(O)CC[C@@]2(C)C(=CC[C@@]3(C)[C@@H]4CC[C@H]([C@H](C)CC[C@@H](O)c5ccccc5F)[C@@]4(C)CC[C@@H]32)C1. The lowest BCUT2D eigenvalue weighted by Crippen LogP contribution is -2.57. The Kier molecular flexibility index (Phi) is 6.77. The second-order valence-electron chi connectivity index (χ2n) is 14.0. The fourth-order valence-electron chi connectivity index (χ4n) is 10.2. The van der Waals surface area contributed by atoms with Gasteiger partial charge in [-0.1, -0.05) is 64.5 Å². The average molecular weight is 497 g/mol. The molecule has 0 aromatic heterocycles. The third-order valence-corrected chi connectivity index (χ3v) is 12.4. The Morgan fingerprint density at radius 1 is 0.972 bits per heavy atom. The number of benzene rings is 1. The molecule has 1 aromatic rings. The number of halogens is 1. The summed E-state index contributed by atoms with van der Waals surface area (Å²) in [6.45, 7) is 12.2. The quantitative estimate of drug-likeness (QED) is 0.388. The molecule has 1 aromatic carbocycles. The van der Waals surface area contributed by atoms with Crippen molar-refractivity contribution in [2.45, 2.75) is 117 Å². The summed E-state index contributed by atoms with van der Waals surface area (Å²) in [5.41, 5.74) is 2.40. The molecule has 3 saturated carbocycles. The molecule has 4 aliphatic rings. The number of hydrogen-bond acceptors (Lipinski definition) is 2. The Balaban J connectivity index is 1.32. The maximum absolute atomic E-state index is 14.2. The van der Waals surface area contributed by atoms with Gasteiger partial charge in [-0.25, -0.2) is 4.39 Å². The van der Waals surface area contributed by atoms with Crippen LogP contribution in [0.15, 0.2) is 35.9 Å². The van der Waals surface area contributed by atoms with Crippen LogP contribution in [0.3, 0.4) is 0 Å². The van der Waals surface area contributed by atoms with Gasteiger partial charge in [-0.15, -0.1) is 0 Å². The molecule has 9 atom stereocenters. The highest BCUT2D eigenvalue weighted by molar-refractivity contribution is 5.29. The summed E-state index contributed by atoms with van der Waals surface area (Å²) in [4.78, 5) is 0. The maximum Gasteiger partial charge on any atom is 0.128 e. The van der Waals surface area contributed by atoms with Gasteiger partial charge in [0.25, 0.3) is 0 Å². The van der Waals surface area contributed by atoms with Crippen molar-refractivity contribution < 1.29 is 14.6 Å². The van der Waals surface area contributed by atoms with Crippen molar-refractivity contribution in [2.24, 2.45) is 39.9 Å². The summed E-state index contributed by atoms with van der Waals surface area (Å²) in [5, 5.41) is 21.8. The van der Waals surface area contributed by atoms with E-state index in [1.165, 1.54) is 31.7 Å². The summed E-state index contributed by atoms with van der Waals surface area (Å²) < 4.78 is 14.2. The van der Waals surface area contributed by atoms with E-state index in [2.05, 4.69) is 40.7 Å². The number of rotatable bonds is 6. The molecule has 4 aliphatic carbocycles. The highest BCUT2D eigenvalue weighted by atomic mass is 19.1. The molecular formula is C33H49FO2. The second kappa shape index (κ2) is 9.23. The van der Waals surface area contributed by atoms with Crippen LogP contribution in [0, 0.1) is 45.7 Å². The average Bonchev–Trinajstić information content (AvgIpc) is 3.22. The van der Waals surface area contributed by atoms with E-state index in [0.717, 1.165) is 44.4 Å². The number of allylic oxidation sites excluding steroid dienone is 1. The Hall–Kier alpha value is -1.19. The predicted octanol–water partition coefficient (Wildman–Crippen LogP) is 8.39. The van der Waals surface area contributed by atoms with E-state index < -0.39 is 11.7 Å². The molecule has 0 radical (unpaired) electrons. The molecule has 0 bridgehead atoms. The van der Waals surface area contributed by atoms with Crippen molar-refractivity contribution in [3.63, 3.8) is 0 Å². The van der Waals surface area contributed by atoms with Crippen molar-refractivity contribution in [2.75, 3.05) is 0 Å². The second-order valence-corrected chi connectivity index (χ2v) is 14.0. The van der Waals surface area contributed by atoms with Crippen LogP contribution in [0.5, 0.6) is 0 Å². The van der Waals surface area contributed by atoms with Crippen LogP contribution in [-0.2, 0) is 0 Å². The molecule has 0 spiro atoms. The topological polar surface area (TPSA) is 40.5 Å². The largest absolute Gasteiger partial charge is 0.390 e. The molecule has 5 rings (SSSR count). The first-order chi connectivity index (χ1) is 17.0. The van der Waals surface area contributed by atoms with Crippen LogP contribution < -0.4 is 0 Å². The normalized spacial score (nSPS) is 43.7. The molecule has 0 heterocycles. The number of fused-ring (bicyclic) bond motifs is 5. The zero-order chi connectivity index (χ0) is 25.9. The first-order valence-corrected chi connectivity index (χ1v) is 14.8. The number of hydrogen-bond donors (Lipinski definition) is 2. The number of aliphatic hydroxyl groups is 2. The van der Waals surface area contributed by atoms with E-state index in [4.69, 9.17) is 0 Å². The Morgan fingerprint density at radius 3 is 2.44 bits per heavy atom. The van der Waals surface area contributed by atoms with Gasteiger partial charge in [0.2, 0.25) is 0 Å². The van der Waals surface area contributed by atoms with Gasteiger partial charge in [-0.05, 0) is 117 Å². The van der Waals surface area contributed by atoms with Gasteiger partial charge in [0.05, 0.1) is 11.7 Å². The van der Waals surface area contributed by atoms with Crippen molar-refractivity contribution in [1.82, 2.24) is 0 Å². The lowest BCUT2D eigenvalue weighted by Gasteiger charge is -2.64. The number of aliphatic hydroxyl groups excluding tert-OH is 1. The molecule has 0 amide bonds. The predicted molar refractivity (Wildman–Crippen MR) is 145 cm³/mol. The highest BCUT2D eigenvalue weighted by Gasteiger charge is 2.64. The minimum absolute atomic E-state index is 0.239. The van der Waals surface area contributed by atoms with E-state index in [0.29, 0.717) is 40.6 Å². The van der Waals surface area contributed by atoms with Crippen molar-refractivity contribution in [3.8, 4) is 0 Å². The van der Waals surface area contributed by atoms with Gasteiger partial charge >= 0.3 is 0 Å². The van der Waals surface area contributed by atoms with E-state index in [1.54, 1.807) is 17.7 Å². The zero-order valence-electron chi connectivity index (χ0n) is 23.3. The molecule has 0 unspecified atom stereocenters. The third kappa shape index (κ3) is 4.03. The molecule has 200 valence electrons. The molecule has 0 saturated heterocycles. The monoisotopic (exact) mass is 496 g/mol. The molecule has 0 aliphatic heterocycles. The lowest BCUT2D eigenvalue weighted by molar-refractivity contribution is -0.123. The highest BCUT2D eigenvalue weighted by Crippen LogP contribution is 2.72. The van der Waals surface area contributed by atoms with Crippen molar-refractivity contribution in [3.05, 3.63) is 47.3 Å². The summed E-state index contributed by atoms with van der Waals surface area (Å²) in [6, 6.07) is 6.67. The minimum Gasteiger partial charge on any atom is -0.390 e. The van der Waals surface area contributed by atoms with Crippen LogP contribution >= 0.6 is 0 Å². The van der Waals surface area contributed by atoms with Crippen LogP contribution in [0.2, 0.25) is 0 Å². The first-order valence-electron chi connectivity index (χ1n) is 14.8. The fraction of sp³-hybridized carbons (Fsp3) is 0.758. The van der Waals surface area contributed by atoms with E-state index >= 15 is 0 Å². The van der Waals surface area contributed by atoms with Crippen LogP contribution in [0.25, 0.3) is 0 Å². The molecule has 3 heteroatoms. The smallest absolute Gasteiger partial charge is 0.128 e. The van der Waals surface area contributed by atoms with E-state index in [9.17, 15) is 14.6 Å². The summed E-state index contributed by atoms with van der Waals surface area (Å²) in [5.74, 6) is 2.34. The van der Waals surface area contributed by atoms with Crippen LogP contribution in [-0.4, -0.2) is 15.8 Å². The van der Waals surface area contributed by atoms with Gasteiger partial charge < -0.3 is 10.2 Å². The molecule has 2 N–H and O–H groups in total. The maximum atomic E-state index is 14.2. The van der Waals surface area contributed by atoms with Crippen LogP contribution in [0.4, 0.5) is 4.39 Å². The lowest BCUT2D eigenvalue weighted by atomic mass is 9.41. The molecular weight excluding hydrogens is 447 g/mol. The molecule has 3 fully saturated rings. The Bertz CT molecular complexity index is 1000. The zero-order valence-corrected chi connectivity index (χ0v) is 23.3. The minimum atomic E-state index is -0.721. The van der Waals surface area contributed by atoms with E-state index in [1.807, 2.05) is 6.07 Å². The summed E-state index contributed by atoms with van der Waals surface area (Å²) in [7, 11) is 0. The summed E-state index contributed by atoms with van der Waals surface area (Å²) >= 11 is 0. The Morgan fingerprint density at radius 2 is 1.72 bits per heavy atom. The first kappa shape index (κ1) is 26.4. The van der Waals surface area contributed by atoms with Gasteiger partial charge in [-0.2, -0.15) is 0 Å². The van der Waals surface area contributed by atoms with Gasteiger partial charge in [-0.3, -0.25) is 0 Å².